The summed E-state index contributed by atoms with van der Waals surface area (Å²) in [7, 11) is 1.39. The maximum absolute atomic E-state index is 11.3. The second kappa shape index (κ2) is 4.71. The average Bonchev–Trinajstić information content (AvgIpc) is 2.64. The average molecular weight is 250 g/mol. The summed E-state index contributed by atoms with van der Waals surface area (Å²) in [5.41, 5.74) is 1.99. The molecule has 0 fully saturated rings. The third-order valence-electron chi connectivity index (χ3n) is 2.75. The monoisotopic (exact) mass is 250 g/mol. The minimum absolute atomic E-state index is 0.0221. The molecule has 0 saturated heterocycles. The van der Waals surface area contributed by atoms with Crippen LogP contribution in [0.15, 0.2) is 24.3 Å². The molecule has 0 aliphatic rings. The fourth-order valence-corrected chi connectivity index (χ4v) is 2.32. The van der Waals surface area contributed by atoms with E-state index in [4.69, 9.17) is 12.2 Å². The van der Waals surface area contributed by atoms with E-state index < -0.39 is 0 Å². The van der Waals surface area contributed by atoms with Crippen LogP contribution < -0.4 is 0 Å². The molecule has 1 aromatic carbocycles. The van der Waals surface area contributed by atoms with Crippen molar-refractivity contribution in [1.29, 1.82) is 0 Å². The number of methoxy groups -OCH3 is 1. The van der Waals surface area contributed by atoms with Crippen LogP contribution >= 0.6 is 12.2 Å². The number of nitrogens with one attached hydrogen (secondary N) is 1. The van der Waals surface area contributed by atoms with E-state index in [0.717, 1.165) is 11.0 Å². The molecule has 5 heteroatoms. The number of benzene rings is 1. The molecule has 0 bridgehead atoms. The van der Waals surface area contributed by atoms with Gasteiger partial charge in [0.15, 0.2) is 4.77 Å². The first-order valence-corrected chi connectivity index (χ1v) is 5.80. The van der Waals surface area contributed by atoms with E-state index in [0.29, 0.717) is 11.2 Å². The van der Waals surface area contributed by atoms with E-state index >= 15 is 0 Å². The fourth-order valence-electron chi connectivity index (χ4n) is 1.93. The number of H-pyrrole nitrogens is 1. The molecule has 1 unspecified atom stereocenters. The Kier molecular flexibility index (Phi) is 3.28. The van der Waals surface area contributed by atoms with Crippen molar-refractivity contribution in [1.82, 2.24) is 9.55 Å². The Balaban J connectivity index is 2.44. The van der Waals surface area contributed by atoms with Crippen LogP contribution in [0.1, 0.15) is 19.4 Å². The highest BCUT2D eigenvalue weighted by molar-refractivity contribution is 7.71. The van der Waals surface area contributed by atoms with Gasteiger partial charge in [-0.3, -0.25) is 4.79 Å². The van der Waals surface area contributed by atoms with Crippen molar-refractivity contribution in [3.63, 3.8) is 0 Å². The standard InChI is InChI=1S/C12H14N2O2S/c1-8(7-11(15)16-2)14-10-6-4-3-5-9(10)13-12(14)17/h3-6,8H,7H2,1-2H3,(H,13,17). The largest absolute Gasteiger partial charge is 0.469 e. The zero-order valence-corrected chi connectivity index (χ0v) is 10.6. The van der Waals surface area contributed by atoms with Crippen molar-refractivity contribution in [2.75, 3.05) is 7.11 Å². The van der Waals surface area contributed by atoms with E-state index in [2.05, 4.69) is 9.72 Å². The van der Waals surface area contributed by atoms with Gasteiger partial charge in [0.25, 0.3) is 0 Å². The third kappa shape index (κ3) is 2.24. The summed E-state index contributed by atoms with van der Waals surface area (Å²) in [6.45, 7) is 1.95. The summed E-state index contributed by atoms with van der Waals surface area (Å²) < 4.78 is 7.25. The van der Waals surface area contributed by atoms with Crippen LogP contribution in [0.5, 0.6) is 0 Å². The summed E-state index contributed by atoms with van der Waals surface area (Å²) in [6, 6.07) is 7.82. The van der Waals surface area contributed by atoms with Gasteiger partial charge in [-0.05, 0) is 31.3 Å². The van der Waals surface area contributed by atoms with Gasteiger partial charge in [0.05, 0.1) is 24.6 Å². The second-order valence-corrected chi connectivity index (χ2v) is 4.33. The fraction of sp³-hybridized carbons (Fsp3) is 0.333. The molecule has 0 radical (unpaired) electrons. The number of hydrogen-bond acceptors (Lipinski definition) is 3. The molecular formula is C12H14N2O2S. The molecule has 0 aliphatic carbocycles. The summed E-state index contributed by atoms with van der Waals surface area (Å²) in [4.78, 5) is 14.4. The smallest absolute Gasteiger partial charge is 0.307 e. The Morgan fingerprint density at radius 1 is 1.53 bits per heavy atom. The number of aromatic nitrogens is 2. The zero-order chi connectivity index (χ0) is 12.4. The number of esters is 1. The van der Waals surface area contributed by atoms with Crippen LogP contribution in [0.4, 0.5) is 0 Å². The molecule has 0 saturated carbocycles. The topological polar surface area (TPSA) is 47.0 Å². The first-order valence-electron chi connectivity index (χ1n) is 5.39. The summed E-state index contributed by atoms with van der Waals surface area (Å²) >= 11 is 5.27. The molecule has 1 aromatic heterocycles. The van der Waals surface area contributed by atoms with E-state index in [9.17, 15) is 4.79 Å². The van der Waals surface area contributed by atoms with E-state index in [-0.39, 0.29) is 12.0 Å². The van der Waals surface area contributed by atoms with Crippen molar-refractivity contribution < 1.29 is 9.53 Å². The molecule has 2 rings (SSSR count). The van der Waals surface area contributed by atoms with Gasteiger partial charge >= 0.3 is 5.97 Å². The van der Waals surface area contributed by atoms with Gasteiger partial charge in [-0.2, -0.15) is 0 Å². The van der Waals surface area contributed by atoms with Crippen molar-refractivity contribution in [3.05, 3.63) is 29.0 Å². The number of para-hydroxylation sites is 2. The molecule has 0 aliphatic heterocycles. The van der Waals surface area contributed by atoms with Crippen molar-refractivity contribution in [2.24, 2.45) is 0 Å². The lowest BCUT2D eigenvalue weighted by Gasteiger charge is -2.12. The van der Waals surface area contributed by atoms with Gasteiger partial charge in [-0.15, -0.1) is 0 Å². The van der Waals surface area contributed by atoms with E-state index in [1.807, 2.05) is 35.8 Å². The van der Waals surface area contributed by atoms with Gasteiger partial charge in [-0.25, -0.2) is 0 Å². The molecule has 0 spiro atoms. The van der Waals surface area contributed by atoms with Gasteiger partial charge in [-0.1, -0.05) is 12.1 Å². The number of aromatic amines is 1. The Morgan fingerprint density at radius 2 is 2.24 bits per heavy atom. The number of hydrogen-bond donors (Lipinski definition) is 1. The number of imidazole rings is 1. The molecule has 90 valence electrons. The summed E-state index contributed by atoms with van der Waals surface area (Å²) in [5, 5.41) is 0. The minimum atomic E-state index is -0.232. The van der Waals surface area contributed by atoms with Gasteiger partial charge in [0.1, 0.15) is 0 Å². The van der Waals surface area contributed by atoms with Crippen LogP contribution in [-0.4, -0.2) is 22.6 Å². The van der Waals surface area contributed by atoms with Gasteiger partial charge in [0, 0.05) is 6.04 Å². The lowest BCUT2D eigenvalue weighted by Crippen LogP contribution is -2.12. The van der Waals surface area contributed by atoms with Crippen LogP contribution in [0.2, 0.25) is 0 Å². The van der Waals surface area contributed by atoms with Crippen LogP contribution in [-0.2, 0) is 9.53 Å². The Morgan fingerprint density at radius 3 is 2.94 bits per heavy atom. The first kappa shape index (κ1) is 11.9. The van der Waals surface area contributed by atoms with Crippen molar-refractivity contribution in [3.8, 4) is 0 Å². The maximum Gasteiger partial charge on any atom is 0.307 e. The Bertz CT molecular complexity index is 600. The molecule has 1 heterocycles. The SMILES string of the molecule is COC(=O)CC(C)n1c(=S)[nH]c2ccccc21. The normalized spacial score (nSPS) is 12.6. The molecule has 4 nitrogen and oxygen atoms in total. The molecule has 0 amide bonds. The number of ether oxygens (including phenoxy) is 1. The van der Waals surface area contributed by atoms with Crippen LogP contribution in [0.25, 0.3) is 11.0 Å². The number of nitrogens with zero attached hydrogens (tertiary/aromatic N) is 1. The molecule has 2 aromatic rings. The molecular weight excluding hydrogens is 236 g/mol. The Labute approximate surface area is 104 Å². The molecule has 17 heavy (non-hydrogen) atoms. The predicted molar refractivity (Wildman–Crippen MR) is 68.5 cm³/mol. The lowest BCUT2D eigenvalue weighted by molar-refractivity contribution is -0.141. The van der Waals surface area contributed by atoms with Crippen molar-refractivity contribution >= 4 is 29.2 Å². The molecule has 1 atom stereocenters. The third-order valence-corrected chi connectivity index (χ3v) is 3.05. The van der Waals surface area contributed by atoms with E-state index in [1.165, 1.54) is 7.11 Å². The highest BCUT2D eigenvalue weighted by Crippen LogP contribution is 2.21. The highest BCUT2D eigenvalue weighted by atomic mass is 32.1. The Hall–Kier alpha value is -1.62. The quantitative estimate of drug-likeness (QED) is 0.673. The second-order valence-electron chi connectivity index (χ2n) is 3.95. The molecule has 1 N–H and O–H groups in total. The first-order chi connectivity index (χ1) is 8.13. The van der Waals surface area contributed by atoms with Gasteiger partial charge in [0.2, 0.25) is 0 Å². The highest BCUT2D eigenvalue weighted by Gasteiger charge is 2.14. The lowest BCUT2D eigenvalue weighted by atomic mass is 10.2. The summed E-state index contributed by atoms with van der Waals surface area (Å²) in [5.74, 6) is -0.232. The zero-order valence-electron chi connectivity index (χ0n) is 9.77. The van der Waals surface area contributed by atoms with Gasteiger partial charge < -0.3 is 14.3 Å². The maximum atomic E-state index is 11.3. The van der Waals surface area contributed by atoms with Crippen LogP contribution in [0, 0.1) is 4.77 Å². The number of rotatable bonds is 3. The van der Waals surface area contributed by atoms with Crippen molar-refractivity contribution in [2.45, 2.75) is 19.4 Å². The minimum Gasteiger partial charge on any atom is -0.469 e. The number of carbonyl (C=O) groups is 1. The number of carbonyl (C=O) groups excluding carboxylic acids is 1. The van der Waals surface area contributed by atoms with Crippen LogP contribution in [0.3, 0.4) is 0 Å². The summed E-state index contributed by atoms with van der Waals surface area (Å²) in [6.07, 6.45) is 0.312. The predicted octanol–water partition coefficient (Wildman–Crippen LogP) is 2.82. The number of fused-ring (bicyclic) bond motifs is 1. The van der Waals surface area contributed by atoms with E-state index in [1.54, 1.807) is 0 Å².